The highest BCUT2D eigenvalue weighted by molar-refractivity contribution is 5.67. The topological polar surface area (TPSA) is 18.5 Å². The Morgan fingerprint density at radius 1 is 0.577 bits per heavy atom. The predicted molar refractivity (Wildman–Crippen MR) is 159 cm³/mol. The third-order valence-electron chi connectivity index (χ3n) is 8.78. The molecule has 0 atom stereocenters. The normalized spacial score (nSPS) is 17.1. The van der Waals surface area contributed by atoms with Crippen LogP contribution in [-0.4, -0.2) is 6.36 Å². The van der Waals surface area contributed by atoms with E-state index < -0.39 is 92.9 Å². The molecule has 0 aromatic heterocycles. The van der Waals surface area contributed by atoms with Crippen LogP contribution in [-0.2, 0) is 17.0 Å². The van der Waals surface area contributed by atoms with Gasteiger partial charge in [-0.25, -0.2) is 35.5 Å². The van der Waals surface area contributed by atoms with Gasteiger partial charge < -0.3 is 4.74 Å². The lowest BCUT2D eigenvalue weighted by Gasteiger charge is -2.28. The molecule has 0 bridgehead atoms. The number of alkyl halides is 7. The largest absolute Gasteiger partial charge is 0.527 e. The zero-order valence-electron chi connectivity index (χ0n) is 26.7. The molecule has 1 aliphatic rings. The molecule has 52 heavy (non-hydrogen) atoms. The number of hydrogen-bond acceptors (Lipinski definition) is 2. The molecule has 5 rings (SSSR count). The van der Waals surface area contributed by atoms with Crippen molar-refractivity contribution >= 4 is 0 Å². The van der Waals surface area contributed by atoms with Crippen LogP contribution in [0.25, 0.3) is 22.3 Å². The van der Waals surface area contributed by atoms with E-state index in [0.29, 0.717) is 23.6 Å². The van der Waals surface area contributed by atoms with Crippen LogP contribution in [0, 0.1) is 46.6 Å². The van der Waals surface area contributed by atoms with Crippen LogP contribution in [0.3, 0.4) is 0 Å². The van der Waals surface area contributed by atoms with E-state index >= 15 is 22.0 Å². The van der Waals surface area contributed by atoms with E-state index in [4.69, 9.17) is 0 Å². The second-order valence-corrected chi connectivity index (χ2v) is 12.3. The Balaban J connectivity index is 1.37. The standard InChI is InChI=1S/C36H26F14O2/c1-2-3-17-4-6-18(7-5-17)19-8-9-23(24(37)10-19)20-11-27(40)32(28(41)12-20)34(44,45)51-22-15-25(38)31(26(39)16-22)21-13-29(42)33(30(43)14-21)35(46,47)52-36(48,49)50/h8-18H,2-7H2,1H3. The van der Waals surface area contributed by atoms with Gasteiger partial charge in [0, 0.05) is 17.7 Å². The van der Waals surface area contributed by atoms with Crippen molar-refractivity contribution in [1.82, 2.24) is 0 Å². The van der Waals surface area contributed by atoms with Gasteiger partial charge in [-0.2, -0.15) is 17.6 Å². The molecule has 0 N–H and O–H groups in total. The van der Waals surface area contributed by atoms with Crippen molar-refractivity contribution in [2.24, 2.45) is 5.92 Å². The molecule has 16 heteroatoms. The molecule has 0 heterocycles. The first kappa shape index (κ1) is 38.9. The van der Waals surface area contributed by atoms with Crippen LogP contribution < -0.4 is 4.74 Å². The summed E-state index contributed by atoms with van der Waals surface area (Å²) in [6.45, 7) is 2.10. The molecule has 4 aromatic rings. The monoisotopic (exact) mass is 756 g/mol. The maximum absolute atomic E-state index is 15.2. The fraction of sp³-hybridized carbons (Fsp3) is 0.333. The lowest BCUT2D eigenvalue weighted by Crippen LogP contribution is -2.29. The summed E-state index contributed by atoms with van der Waals surface area (Å²) < 4.78 is 205. The minimum absolute atomic E-state index is 0.00517. The lowest BCUT2D eigenvalue weighted by molar-refractivity contribution is -0.432. The van der Waals surface area contributed by atoms with Crippen LogP contribution in [0.4, 0.5) is 61.5 Å². The summed E-state index contributed by atoms with van der Waals surface area (Å²) in [5.41, 5.74) is -7.27. The first-order valence-corrected chi connectivity index (χ1v) is 15.7. The third-order valence-corrected chi connectivity index (χ3v) is 8.78. The fourth-order valence-electron chi connectivity index (χ4n) is 6.49. The summed E-state index contributed by atoms with van der Waals surface area (Å²) in [5, 5.41) is 0. The summed E-state index contributed by atoms with van der Waals surface area (Å²) in [4.78, 5) is 0. The Kier molecular flexibility index (Phi) is 10.9. The molecule has 0 unspecified atom stereocenters. The van der Waals surface area contributed by atoms with Gasteiger partial charge in [-0.3, -0.25) is 0 Å². The molecule has 0 saturated heterocycles. The fourth-order valence-corrected chi connectivity index (χ4v) is 6.49. The molecule has 0 spiro atoms. The van der Waals surface area contributed by atoms with Crippen molar-refractivity contribution in [1.29, 1.82) is 0 Å². The Labute approximate surface area is 287 Å². The first-order valence-electron chi connectivity index (χ1n) is 15.7. The maximum Gasteiger partial charge on any atom is 0.527 e. The molecule has 1 aliphatic carbocycles. The number of halogens is 14. The zero-order valence-corrected chi connectivity index (χ0v) is 26.7. The van der Waals surface area contributed by atoms with Crippen molar-refractivity contribution in [3.63, 3.8) is 0 Å². The van der Waals surface area contributed by atoms with Crippen molar-refractivity contribution in [2.75, 3.05) is 0 Å². The van der Waals surface area contributed by atoms with Crippen molar-refractivity contribution in [2.45, 2.75) is 69.9 Å². The second kappa shape index (κ2) is 14.6. The van der Waals surface area contributed by atoms with Gasteiger partial charge in [-0.05, 0) is 84.5 Å². The molecular formula is C36H26F14O2. The Bertz CT molecular complexity index is 1880. The van der Waals surface area contributed by atoms with Crippen LogP contribution in [0.2, 0.25) is 0 Å². The quantitative estimate of drug-likeness (QED) is 0.150. The second-order valence-electron chi connectivity index (χ2n) is 12.3. The Morgan fingerprint density at radius 2 is 1.08 bits per heavy atom. The van der Waals surface area contributed by atoms with Crippen molar-refractivity contribution < 1.29 is 70.9 Å². The SMILES string of the molecule is CCCC1CCC(c2ccc(-c3cc(F)c(C(F)(F)Oc4cc(F)c(-c5cc(F)c(C(F)(F)OC(F)(F)F)c(F)c5)c(F)c4)c(F)c3)c(F)c2)CC1. The van der Waals surface area contributed by atoms with E-state index in [1.165, 1.54) is 12.1 Å². The highest BCUT2D eigenvalue weighted by Crippen LogP contribution is 2.43. The van der Waals surface area contributed by atoms with E-state index in [-0.39, 0.29) is 35.7 Å². The van der Waals surface area contributed by atoms with E-state index in [9.17, 15) is 39.5 Å². The first-order chi connectivity index (χ1) is 24.2. The summed E-state index contributed by atoms with van der Waals surface area (Å²) in [5.74, 6) is -14.1. The Hall–Kier alpha value is -4.34. The van der Waals surface area contributed by atoms with Gasteiger partial charge in [0.25, 0.3) is 0 Å². The molecule has 1 fully saturated rings. The highest BCUT2D eigenvalue weighted by atomic mass is 19.4. The molecule has 0 amide bonds. The average Bonchev–Trinajstić information content (AvgIpc) is 2.98. The predicted octanol–water partition coefficient (Wildman–Crippen LogP) is 12.8. The zero-order chi connectivity index (χ0) is 38.3. The minimum Gasteiger partial charge on any atom is -0.429 e. The summed E-state index contributed by atoms with van der Waals surface area (Å²) in [7, 11) is 0. The number of rotatable bonds is 10. The van der Waals surface area contributed by atoms with Gasteiger partial charge in [-0.1, -0.05) is 31.9 Å². The van der Waals surface area contributed by atoms with Crippen molar-refractivity contribution in [3.8, 4) is 28.0 Å². The smallest absolute Gasteiger partial charge is 0.429 e. The maximum atomic E-state index is 15.2. The average molecular weight is 757 g/mol. The van der Waals surface area contributed by atoms with Gasteiger partial charge in [0.15, 0.2) is 0 Å². The summed E-state index contributed by atoms with van der Waals surface area (Å²) >= 11 is 0. The lowest BCUT2D eigenvalue weighted by atomic mass is 9.77. The summed E-state index contributed by atoms with van der Waals surface area (Å²) in [6, 6.07) is 4.53. The van der Waals surface area contributed by atoms with Crippen LogP contribution >= 0.6 is 0 Å². The Morgan fingerprint density at radius 3 is 1.56 bits per heavy atom. The van der Waals surface area contributed by atoms with Gasteiger partial charge in [0.05, 0.1) is 5.56 Å². The van der Waals surface area contributed by atoms with E-state index in [0.717, 1.165) is 38.5 Å². The molecule has 1 saturated carbocycles. The van der Waals surface area contributed by atoms with Gasteiger partial charge in [0.2, 0.25) is 0 Å². The van der Waals surface area contributed by atoms with Crippen LogP contribution in [0.15, 0.2) is 54.6 Å². The number of benzene rings is 4. The van der Waals surface area contributed by atoms with Gasteiger partial charge in [-0.15, -0.1) is 13.2 Å². The van der Waals surface area contributed by atoms with Crippen LogP contribution in [0.5, 0.6) is 5.75 Å². The van der Waals surface area contributed by atoms with Gasteiger partial charge >= 0.3 is 18.6 Å². The number of ether oxygens (including phenoxy) is 2. The van der Waals surface area contributed by atoms with E-state index in [2.05, 4.69) is 16.4 Å². The molecular weight excluding hydrogens is 730 g/mol. The molecule has 280 valence electrons. The highest BCUT2D eigenvalue weighted by Gasteiger charge is 2.49. The third kappa shape index (κ3) is 8.31. The molecule has 0 aliphatic heterocycles. The minimum atomic E-state index is -6.05. The number of hydrogen-bond donors (Lipinski definition) is 0. The molecule has 4 aromatic carbocycles. The van der Waals surface area contributed by atoms with Crippen molar-refractivity contribution in [3.05, 3.63) is 112 Å². The van der Waals surface area contributed by atoms with E-state index in [1.54, 1.807) is 6.07 Å². The van der Waals surface area contributed by atoms with Crippen LogP contribution in [0.1, 0.15) is 68.1 Å². The summed E-state index contributed by atoms with van der Waals surface area (Å²) in [6.07, 6.45) is -10.9. The molecule has 0 radical (unpaired) electrons. The molecule has 2 nitrogen and oxygen atoms in total. The van der Waals surface area contributed by atoms with E-state index in [1.807, 2.05) is 0 Å². The van der Waals surface area contributed by atoms with Gasteiger partial charge in [0.1, 0.15) is 57.6 Å².